The molecule has 0 bridgehead atoms. The molecule has 0 amide bonds. The summed E-state index contributed by atoms with van der Waals surface area (Å²) in [7, 11) is -3.45. The van der Waals surface area contributed by atoms with Crippen LogP contribution < -0.4 is 5.14 Å². The van der Waals surface area contributed by atoms with Crippen LogP contribution in [0.1, 0.15) is 59.3 Å². The van der Waals surface area contributed by atoms with Crippen molar-refractivity contribution in [2.45, 2.75) is 59.3 Å². The Morgan fingerprint density at radius 2 is 1.61 bits per heavy atom. The molecule has 4 nitrogen and oxygen atoms in total. The molecule has 0 radical (unpaired) electrons. The minimum atomic E-state index is -3.45. The topological polar surface area (TPSA) is 69.4 Å². The van der Waals surface area contributed by atoms with Crippen LogP contribution in [-0.4, -0.2) is 27.4 Å². The predicted molar refractivity (Wildman–Crippen MR) is 76.0 cm³/mol. The zero-order chi connectivity index (χ0) is 14.1. The summed E-state index contributed by atoms with van der Waals surface area (Å²) in [6, 6.07) is 0. The fourth-order valence-electron chi connectivity index (χ4n) is 2.48. The van der Waals surface area contributed by atoms with Crippen LogP contribution in [0.25, 0.3) is 0 Å². The van der Waals surface area contributed by atoms with Crippen LogP contribution in [0.4, 0.5) is 0 Å². The molecule has 0 saturated carbocycles. The van der Waals surface area contributed by atoms with Crippen molar-refractivity contribution in [3.63, 3.8) is 0 Å². The fourth-order valence-corrected chi connectivity index (χ4v) is 3.70. The number of hydrogen-bond donors (Lipinski definition) is 1. The SMILES string of the molecule is CCCCOCC(CCC)(CCC)CS(N)(=O)=O. The lowest BCUT2D eigenvalue weighted by Gasteiger charge is -2.32. The van der Waals surface area contributed by atoms with Gasteiger partial charge in [0.25, 0.3) is 0 Å². The average Bonchev–Trinajstić information content (AvgIpc) is 2.23. The molecular weight excluding hydrogens is 250 g/mol. The summed E-state index contributed by atoms with van der Waals surface area (Å²) in [5.74, 6) is 0.0355. The van der Waals surface area contributed by atoms with Crippen LogP contribution in [0.2, 0.25) is 0 Å². The Kier molecular flexibility index (Phi) is 8.82. The molecule has 0 aliphatic rings. The second kappa shape index (κ2) is 8.88. The maximum atomic E-state index is 11.4. The summed E-state index contributed by atoms with van der Waals surface area (Å²) in [6.45, 7) is 7.46. The molecule has 0 fully saturated rings. The van der Waals surface area contributed by atoms with Crippen LogP contribution in [-0.2, 0) is 14.8 Å². The Balaban J connectivity index is 4.62. The Morgan fingerprint density at radius 1 is 1.06 bits per heavy atom. The maximum Gasteiger partial charge on any atom is 0.209 e. The zero-order valence-corrected chi connectivity index (χ0v) is 12.9. The van der Waals surface area contributed by atoms with E-state index in [9.17, 15) is 8.42 Å². The van der Waals surface area contributed by atoms with Gasteiger partial charge in [0.1, 0.15) is 0 Å². The summed E-state index contributed by atoms with van der Waals surface area (Å²) in [5, 5.41) is 5.23. The van der Waals surface area contributed by atoms with Crippen LogP contribution >= 0.6 is 0 Å². The summed E-state index contributed by atoms with van der Waals surface area (Å²) in [6.07, 6.45) is 5.71. The summed E-state index contributed by atoms with van der Waals surface area (Å²) >= 11 is 0. The fraction of sp³-hybridized carbons (Fsp3) is 1.00. The highest BCUT2D eigenvalue weighted by atomic mass is 32.2. The smallest absolute Gasteiger partial charge is 0.209 e. The van der Waals surface area contributed by atoms with E-state index < -0.39 is 10.0 Å². The molecule has 0 rings (SSSR count). The van der Waals surface area contributed by atoms with E-state index in [0.29, 0.717) is 13.2 Å². The molecule has 18 heavy (non-hydrogen) atoms. The number of nitrogens with two attached hydrogens (primary N) is 1. The van der Waals surface area contributed by atoms with Gasteiger partial charge in [-0.2, -0.15) is 0 Å². The Hall–Kier alpha value is -0.130. The first-order valence-corrected chi connectivity index (χ1v) is 8.69. The molecule has 0 saturated heterocycles. The van der Waals surface area contributed by atoms with E-state index in [-0.39, 0.29) is 11.2 Å². The third-order valence-corrected chi connectivity index (χ3v) is 4.13. The predicted octanol–water partition coefficient (Wildman–Crippen LogP) is 2.68. The van der Waals surface area contributed by atoms with Crippen LogP contribution in [0.3, 0.4) is 0 Å². The monoisotopic (exact) mass is 279 g/mol. The maximum absolute atomic E-state index is 11.4. The molecule has 0 unspecified atom stereocenters. The quantitative estimate of drug-likeness (QED) is 0.591. The van der Waals surface area contributed by atoms with E-state index in [1.54, 1.807) is 0 Å². The van der Waals surface area contributed by atoms with Gasteiger partial charge < -0.3 is 4.74 Å². The highest BCUT2D eigenvalue weighted by Gasteiger charge is 2.33. The third-order valence-electron chi connectivity index (χ3n) is 3.12. The van der Waals surface area contributed by atoms with Gasteiger partial charge in [0, 0.05) is 12.0 Å². The van der Waals surface area contributed by atoms with Gasteiger partial charge in [-0.15, -0.1) is 0 Å². The molecule has 0 aliphatic heterocycles. The molecular formula is C13H29NO3S. The van der Waals surface area contributed by atoms with Gasteiger partial charge in [0.15, 0.2) is 0 Å². The second-order valence-electron chi connectivity index (χ2n) is 5.21. The largest absolute Gasteiger partial charge is 0.381 e. The third kappa shape index (κ3) is 8.06. The van der Waals surface area contributed by atoms with Gasteiger partial charge in [0.05, 0.1) is 12.4 Å². The number of hydrogen-bond acceptors (Lipinski definition) is 3. The number of rotatable bonds is 11. The Labute approximate surface area is 112 Å². The minimum Gasteiger partial charge on any atom is -0.381 e. The van der Waals surface area contributed by atoms with Crippen molar-refractivity contribution in [1.82, 2.24) is 0 Å². The molecule has 0 aromatic rings. The lowest BCUT2D eigenvalue weighted by molar-refractivity contribution is 0.0424. The van der Waals surface area contributed by atoms with E-state index in [1.165, 1.54) is 0 Å². The van der Waals surface area contributed by atoms with Gasteiger partial charge in [-0.25, -0.2) is 13.6 Å². The van der Waals surface area contributed by atoms with Gasteiger partial charge in [-0.1, -0.05) is 40.0 Å². The molecule has 2 N–H and O–H groups in total. The molecule has 0 heterocycles. The average molecular weight is 279 g/mol. The van der Waals surface area contributed by atoms with E-state index in [1.807, 2.05) is 0 Å². The first-order chi connectivity index (χ1) is 8.39. The van der Waals surface area contributed by atoms with Crippen LogP contribution in [0.5, 0.6) is 0 Å². The Morgan fingerprint density at radius 3 is 2.00 bits per heavy atom. The number of ether oxygens (including phenoxy) is 1. The number of sulfonamides is 1. The van der Waals surface area contributed by atoms with E-state index in [4.69, 9.17) is 9.88 Å². The number of primary sulfonamides is 1. The van der Waals surface area contributed by atoms with Gasteiger partial charge >= 0.3 is 0 Å². The lowest BCUT2D eigenvalue weighted by Crippen LogP contribution is -2.37. The minimum absolute atomic E-state index is 0.0355. The van der Waals surface area contributed by atoms with Crippen LogP contribution in [0, 0.1) is 5.41 Å². The first kappa shape index (κ1) is 17.9. The number of unbranched alkanes of at least 4 members (excludes halogenated alkanes) is 1. The van der Waals surface area contributed by atoms with Crippen molar-refractivity contribution in [3.8, 4) is 0 Å². The summed E-state index contributed by atoms with van der Waals surface area (Å²) < 4.78 is 28.5. The van der Waals surface area contributed by atoms with E-state index in [2.05, 4.69) is 20.8 Å². The van der Waals surface area contributed by atoms with Gasteiger partial charge in [-0.3, -0.25) is 0 Å². The second-order valence-corrected chi connectivity index (χ2v) is 6.83. The summed E-state index contributed by atoms with van der Waals surface area (Å²) in [5.41, 5.74) is -0.301. The molecule has 0 aromatic heterocycles. The van der Waals surface area contributed by atoms with E-state index in [0.717, 1.165) is 38.5 Å². The Bertz CT molecular complexity index is 295. The van der Waals surface area contributed by atoms with Gasteiger partial charge in [0.2, 0.25) is 10.0 Å². The molecule has 0 aliphatic carbocycles. The molecule has 110 valence electrons. The van der Waals surface area contributed by atoms with Crippen molar-refractivity contribution in [3.05, 3.63) is 0 Å². The molecule has 0 atom stereocenters. The molecule has 0 spiro atoms. The zero-order valence-electron chi connectivity index (χ0n) is 12.1. The van der Waals surface area contributed by atoms with Crippen molar-refractivity contribution in [2.75, 3.05) is 19.0 Å². The first-order valence-electron chi connectivity index (χ1n) is 6.97. The standard InChI is InChI=1S/C13H29NO3S/c1-4-7-10-17-11-13(8-5-2,9-6-3)12-18(14,15)16/h4-12H2,1-3H3,(H2,14,15,16). The highest BCUT2D eigenvalue weighted by molar-refractivity contribution is 7.89. The van der Waals surface area contributed by atoms with Crippen molar-refractivity contribution in [1.29, 1.82) is 0 Å². The normalized spacial score (nSPS) is 12.9. The van der Waals surface area contributed by atoms with Crippen molar-refractivity contribution >= 4 is 10.0 Å². The van der Waals surface area contributed by atoms with Crippen molar-refractivity contribution < 1.29 is 13.2 Å². The van der Waals surface area contributed by atoms with Gasteiger partial charge in [-0.05, 0) is 19.3 Å². The van der Waals surface area contributed by atoms with E-state index >= 15 is 0 Å². The summed E-state index contributed by atoms with van der Waals surface area (Å²) in [4.78, 5) is 0. The van der Waals surface area contributed by atoms with Crippen LogP contribution in [0.15, 0.2) is 0 Å². The van der Waals surface area contributed by atoms with Crippen molar-refractivity contribution in [2.24, 2.45) is 10.6 Å². The molecule has 5 heteroatoms. The lowest BCUT2D eigenvalue weighted by atomic mass is 9.82. The molecule has 0 aromatic carbocycles. The highest BCUT2D eigenvalue weighted by Crippen LogP contribution is 2.31.